The van der Waals surface area contributed by atoms with Gasteiger partial charge in [0.25, 0.3) is 0 Å². The Morgan fingerprint density at radius 1 is 1.42 bits per heavy atom. The number of halogens is 1. The Balaban J connectivity index is 2.29. The first-order valence-corrected chi connectivity index (χ1v) is 4.95. The fraction of sp³-hybridized carbons (Fsp3) is 0.889. The van der Waals surface area contributed by atoms with E-state index >= 15 is 0 Å². The lowest BCUT2D eigenvalue weighted by molar-refractivity contribution is -0.144. The predicted molar refractivity (Wildman–Crippen MR) is 48.0 cm³/mol. The molecule has 0 aromatic heterocycles. The molecule has 1 aliphatic carbocycles. The molecular formula is C9H15ClO2. The Morgan fingerprint density at radius 2 is 2.00 bits per heavy atom. The first kappa shape index (κ1) is 9.85. The number of ether oxygens (including phenoxy) is 1. The molecule has 70 valence electrons. The number of esters is 1. The van der Waals surface area contributed by atoms with Crippen LogP contribution in [0.4, 0.5) is 0 Å². The van der Waals surface area contributed by atoms with E-state index in [0.29, 0.717) is 5.92 Å². The summed E-state index contributed by atoms with van der Waals surface area (Å²) < 4.78 is 4.92. The van der Waals surface area contributed by atoms with Gasteiger partial charge in [0.05, 0.1) is 0 Å². The van der Waals surface area contributed by atoms with E-state index < -0.39 is 5.56 Å². The fourth-order valence-corrected chi connectivity index (χ4v) is 2.03. The topological polar surface area (TPSA) is 26.3 Å². The van der Waals surface area contributed by atoms with E-state index in [1.165, 1.54) is 26.2 Å². The van der Waals surface area contributed by atoms with Crippen LogP contribution in [0.15, 0.2) is 0 Å². The zero-order chi connectivity index (χ0) is 8.97. The number of carbonyl (C=O) groups is 1. The van der Waals surface area contributed by atoms with Crippen LogP contribution in [-0.4, -0.2) is 11.5 Å². The van der Waals surface area contributed by atoms with Crippen LogP contribution in [0.1, 0.15) is 39.0 Å². The van der Waals surface area contributed by atoms with E-state index in [0.717, 1.165) is 12.8 Å². The van der Waals surface area contributed by atoms with Gasteiger partial charge in [0.2, 0.25) is 0 Å². The highest BCUT2D eigenvalue weighted by Gasteiger charge is 2.23. The highest BCUT2D eigenvalue weighted by Crippen LogP contribution is 2.29. The summed E-state index contributed by atoms with van der Waals surface area (Å²) in [7, 11) is 0. The third kappa shape index (κ3) is 3.02. The Kier molecular flexibility index (Phi) is 3.86. The van der Waals surface area contributed by atoms with E-state index in [9.17, 15) is 4.79 Å². The maximum absolute atomic E-state index is 10.6. The molecule has 1 aliphatic rings. The van der Waals surface area contributed by atoms with Crippen molar-refractivity contribution in [3.8, 4) is 0 Å². The average molecular weight is 191 g/mol. The van der Waals surface area contributed by atoms with Gasteiger partial charge in [-0.15, -0.1) is 0 Å². The van der Waals surface area contributed by atoms with Crippen LogP contribution >= 0.6 is 11.6 Å². The van der Waals surface area contributed by atoms with Crippen LogP contribution in [0.3, 0.4) is 0 Å². The minimum Gasteiger partial charge on any atom is -0.446 e. The highest BCUT2D eigenvalue weighted by atomic mass is 35.5. The molecule has 0 radical (unpaired) electrons. The first-order valence-electron chi connectivity index (χ1n) is 4.51. The number of hydrogen-bond donors (Lipinski definition) is 0. The molecule has 0 aromatic carbocycles. The molecule has 1 unspecified atom stereocenters. The Bertz CT molecular complexity index is 153. The van der Waals surface area contributed by atoms with Crippen LogP contribution in [0, 0.1) is 5.92 Å². The summed E-state index contributed by atoms with van der Waals surface area (Å²) in [6, 6.07) is 0. The van der Waals surface area contributed by atoms with E-state index in [-0.39, 0.29) is 5.97 Å². The molecule has 1 saturated carbocycles. The highest BCUT2D eigenvalue weighted by molar-refractivity contribution is 6.20. The van der Waals surface area contributed by atoms with E-state index in [1.54, 1.807) is 0 Å². The minimum absolute atomic E-state index is 0.277. The molecule has 0 aliphatic heterocycles. The summed E-state index contributed by atoms with van der Waals surface area (Å²) >= 11 is 5.91. The molecule has 1 rings (SSSR count). The van der Waals surface area contributed by atoms with Gasteiger partial charge >= 0.3 is 5.97 Å². The second-order valence-electron chi connectivity index (χ2n) is 3.36. The van der Waals surface area contributed by atoms with Crippen LogP contribution in [0.5, 0.6) is 0 Å². The zero-order valence-corrected chi connectivity index (χ0v) is 8.14. The molecule has 0 saturated heterocycles. The molecule has 1 fully saturated rings. The summed E-state index contributed by atoms with van der Waals surface area (Å²) in [6.45, 7) is 1.40. The zero-order valence-electron chi connectivity index (χ0n) is 7.38. The standard InChI is InChI=1S/C9H15ClO2/c1-7(11)12-9(10)8-5-3-2-4-6-8/h8-9H,2-6H2,1H3. The van der Waals surface area contributed by atoms with E-state index in [1.807, 2.05) is 0 Å². The lowest BCUT2D eigenvalue weighted by Crippen LogP contribution is -2.22. The van der Waals surface area contributed by atoms with E-state index in [4.69, 9.17) is 16.3 Å². The van der Waals surface area contributed by atoms with Gasteiger partial charge < -0.3 is 4.74 Å². The molecule has 12 heavy (non-hydrogen) atoms. The van der Waals surface area contributed by atoms with Crippen LogP contribution in [-0.2, 0) is 9.53 Å². The number of carbonyl (C=O) groups excluding carboxylic acids is 1. The van der Waals surface area contributed by atoms with Gasteiger partial charge in [-0.1, -0.05) is 30.9 Å². The molecular weight excluding hydrogens is 176 g/mol. The lowest BCUT2D eigenvalue weighted by Gasteiger charge is -2.25. The van der Waals surface area contributed by atoms with Crippen LogP contribution in [0.25, 0.3) is 0 Å². The third-order valence-corrected chi connectivity index (χ3v) is 2.74. The molecule has 0 amide bonds. The molecule has 0 N–H and O–H groups in total. The van der Waals surface area contributed by atoms with Crippen molar-refractivity contribution >= 4 is 17.6 Å². The average Bonchev–Trinajstić information content (AvgIpc) is 2.05. The van der Waals surface area contributed by atoms with Gasteiger partial charge in [-0.05, 0) is 12.8 Å². The van der Waals surface area contributed by atoms with Crippen molar-refractivity contribution in [2.24, 2.45) is 5.92 Å². The molecule has 0 spiro atoms. The summed E-state index contributed by atoms with van der Waals surface area (Å²) in [6.07, 6.45) is 5.92. The second-order valence-corrected chi connectivity index (χ2v) is 3.79. The molecule has 0 bridgehead atoms. The Morgan fingerprint density at radius 3 is 2.50 bits per heavy atom. The van der Waals surface area contributed by atoms with Crippen LogP contribution in [0.2, 0.25) is 0 Å². The predicted octanol–water partition coefficient (Wildman–Crippen LogP) is 2.69. The summed E-state index contributed by atoms with van der Waals surface area (Å²) in [4.78, 5) is 10.6. The summed E-state index contributed by atoms with van der Waals surface area (Å²) in [5, 5.41) is 0. The lowest BCUT2D eigenvalue weighted by atomic mass is 9.90. The largest absolute Gasteiger partial charge is 0.446 e. The normalized spacial score (nSPS) is 21.8. The molecule has 3 heteroatoms. The van der Waals surface area contributed by atoms with Gasteiger partial charge in [-0.2, -0.15) is 0 Å². The van der Waals surface area contributed by atoms with Gasteiger partial charge in [0.15, 0.2) is 5.56 Å². The molecule has 0 aromatic rings. The van der Waals surface area contributed by atoms with Crippen molar-refractivity contribution in [2.45, 2.75) is 44.6 Å². The van der Waals surface area contributed by atoms with Crippen molar-refractivity contribution in [3.05, 3.63) is 0 Å². The maximum Gasteiger partial charge on any atom is 0.304 e. The molecule has 2 nitrogen and oxygen atoms in total. The Hall–Kier alpha value is -0.240. The monoisotopic (exact) mass is 190 g/mol. The van der Waals surface area contributed by atoms with Gasteiger partial charge in [-0.3, -0.25) is 4.79 Å². The van der Waals surface area contributed by atoms with Gasteiger partial charge in [0, 0.05) is 12.8 Å². The van der Waals surface area contributed by atoms with Crippen molar-refractivity contribution in [3.63, 3.8) is 0 Å². The molecule has 0 heterocycles. The van der Waals surface area contributed by atoms with E-state index in [2.05, 4.69) is 0 Å². The smallest absolute Gasteiger partial charge is 0.304 e. The summed E-state index contributed by atoms with van der Waals surface area (Å²) in [5.41, 5.74) is -0.400. The van der Waals surface area contributed by atoms with Gasteiger partial charge in [-0.25, -0.2) is 0 Å². The minimum atomic E-state index is -0.400. The van der Waals surface area contributed by atoms with Gasteiger partial charge in [0.1, 0.15) is 0 Å². The Labute approximate surface area is 78.2 Å². The van der Waals surface area contributed by atoms with Crippen molar-refractivity contribution in [2.75, 3.05) is 0 Å². The fourth-order valence-electron chi connectivity index (χ4n) is 1.65. The maximum atomic E-state index is 10.6. The number of hydrogen-bond acceptors (Lipinski definition) is 2. The van der Waals surface area contributed by atoms with Crippen molar-refractivity contribution in [1.29, 1.82) is 0 Å². The first-order chi connectivity index (χ1) is 5.70. The molecule has 1 atom stereocenters. The third-order valence-electron chi connectivity index (χ3n) is 2.30. The second kappa shape index (κ2) is 4.70. The quantitative estimate of drug-likeness (QED) is 0.495. The SMILES string of the molecule is CC(=O)OC(Cl)C1CCCCC1. The van der Waals surface area contributed by atoms with Crippen molar-refractivity contribution in [1.82, 2.24) is 0 Å². The van der Waals surface area contributed by atoms with Crippen molar-refractivity contribution < 1.29 is 9.53 Å². The number of rotatable bonds is 2. The summed E-state index contributed by atoms with van der Waals surface area (Å²) in [5.74, 6) is 0.102. The number of alkyl halides is 1. The van der Waals surface area contributed by atoms with Crippen LogP contribution < -0.4 is 0 Å².